The molecule has 2 atom stereocenters. The van der Waals surface area contributed by atoms with Crippen LogP contribution in [-0.4, -0.2) is 28.8 Å². The van der Waals surface area contributed by atoms with E-state index in [0.717, 1.165) is 6.42 Å². The van der Waals surface area contributed by atoms with Gasteiger partial charge in [-0.2, -0.15) is 0 Å². The van der Waals surface area contributed by atoms with Gasteiger partial charge in [0.2, 0.25) is 5.89 Å². The molecule has 94 valence electrons. The Balaban J connectivity index is 2.02. The minimum atomic E-state index is -0.959. The third kappa shape index (κ3) is 1.76. The van der Waals surface area contributed by atoms with Crippen LogP contribution in [-0.2, 0) is 4.74 Å². The normalized spacial score (nSPS) is 23.6. The van der Waals surface area contributed by atoms with Crippen LogP contribution in [0.5, 0.6) is 0 Å². The van der Waals surface area contributed by atoms with E-state index in [1.54, 1.807) is 6.07 Å². The first-order chi connectivity index (χ1) is 8.65. The van der Waals surface area contributed by atoms with E-state index in [9.17, 15) is 4.79 Å². The molecule has 0 radical (unpaired) electrons. The van der Waals surface area contributed by atoms with Gasteiger partial charge in [-0.05, 0) is 31.5 Å². The lowest BCUT2D eigenvalue weighted by Crippen LogP contribution is -2.09. The number of nitrogens with zero attached hydrogens (tertiary/aromatic N) is 1. The van der Waals surface area contributed by atoms with Crippen LogP contribution in [0.2, 0.25) is 0 Å². The van der Waals surface area contributed by atoms with Gasteiger partial charge in [-0.25, -0.2) is 9.78 Å². The fourth-order valence-corrected chi connectivity index (χ4v) is 2.29. The number of carboxylic acid groups (broad SMARTS) is 1. The summed E-state index contributed by atoms with van der Waals surface area (Å²) in [5, 5.41) is 8.93. The Morgan fingerprint density at radius 1 is 1.50 bits per heavy atom. The van der Waals surface area contributed by atoms with E-state index in [0.29, 0.717) is 23.6 Å². The van der Waals surface area contributed by atoms with Crippen molar-refractivity contribution in [2.45, 2.75) is 25.4 Å². The van der Waals surface area contributed by atoms with Crippen molar-refractivity contribution < 1.29 is 19.1 Å². The second-order valence-corrected chi connectivity index (χ2v) is 4.51. The highest BCUT2D eigenvalue weighted by molar-refractivity contribution is 5.91. The van der Waals surface area contributed by atoms with Crippen LogP contribution in [0.15, 0.2) is 22.6 Å². The molecule has 1 aromatic carbocycles. The molecule has 2 aromatic rings. The number of benzene rings is 1. The summed E-state index contributed by atoms with van der Waals surface area (Å²) < 4.78 is 11.2. The van der Waals surface area contributed by atoms with Crippen molar-refractivity contribution in [2.24, 2.45) is 0 Å². The highest BCUT2D eigenvalue weighted by Crippen LogP contribution is 2.32. The fraction of sp³-hybridized carbons (Fsp3) is 0.385. The lowest BCUT2D eigenvalue weighted by atomic mass is 10.0. The summed E-state index contributed by atoms with van der Waals surface area (Å²) >= 11 is 0. The van der Waals surface area contributed by atoms with Crippen LogP contribution in [0.25, 0.3) is 11.1 Å². The molecule has 3 rings (SSSR count). The summed E-state index contributed by atoms with van der Waals surface area (Å²) in [5.74, 6) is -0.165. The molecule has 18 heavy (non-hydrogen) atoms. The number of ether oxygens (including phenoxy) is 1. The Morgan fingerprint density at radius 2 is 2.33 bits per heavy atom. The third-order valence-corrected chi connectivity index (χ3v) is 3.34. The van der Waals surface area contributed by atoms with E-state index in [1.165, 1.54) is 12.1 Å². The molecule has 0 aliphatic carbocycles. The first kappa shape index (κ1) is 11.2. The Bertz CT molecular complexity index is 604. The Labute approximate surface area is 103 Å². The van der Waals surface area contributed by atoms with Gasteiger partial charge in [0.1, 0.15) is 5.52 Å². The largest absolute Gasteiger partial charge is 0.478 e. The Morgan fingerprint density at radius 3 is 3.00 bits per heavy atom. The van der Waals surface area contributed by atoms with Crippen LogP contribution in [0.4, 0.5) is 0 Å². The van der Waals surface area contributed by atoms with Gasteiger partial charge in [0.15, 0.2) is 5.58 Å². The van der Waals surface area contributed by atoms with Crippen LogP contribution in [0, 0.1) is 0 Å². The third-order valence-electron chi connectivity index (χ3n) is 3.34. The molecule has 0 amide bonds. The maximum atomic E-state index is 10.9. The van der Waals surface area contributed by atoms with Gasteiger partial charge in [0, 0.05) is 6.61 Å². The lowest BCUT2D eigenvalue weighted by molar-refractivity contribution is 0.0697. The second-order valence-electron chi connectivity index (χ2n) is 4.51. The van der Waals surface area contributed by atoms with Gasteiger partial charge in [-0.15, -0.1) is 0 Å². The molecular weight excluding hydrogens is 234 g/mol. The molecule has 1 saturated heterocycles. The summed E-state index contributed by atoms with van der Waals surface area (Å²) in [6, 6.07) is 4.70. The predicted molar refractivity (Wildman–Crippen MR) is 63.7 cm³/mol. The van der Waals surface area contributed by atoms with Gasteiger partial charge in [-0.3, -0.25) is 0 Å². The van der Waals surface area contributed by atoms with Crippen LogP contribution in [0.1, 0.15) is 35.5 Å². The number of carboxylic acids is 1. The first-order valence-electron chi connectivity index (χ1n) is 5.90. The van der Waals surface area contributed by atoms with E-state index in [4.69, 9.17) is 14.3 Å². The number of hydrogen-bond acceptors (Lipinski definition) is 4. The number of carbonyl (C=O) groups is 1. The lowest BCUT2D eigenvalue weighted by Gasteiger charge is -2.08. The summed E-state index contributed by atoms with van der Waals surface area (Å²) in [4.78, 5) is 15.3. The molecular formula is C13H13NO4. The number of fused-ring (bicyclic) bond motifs is 1. The SMILES string of the molecule is CC1OCCC1c1nc2cc(C(=O)O)ccc2o1. The first-order valence-corrected chi connectivity index (χ1v) is 5.90. The fourth-order valence-electron chi connectivity index (χ4n) is 2.29. The van der Waals surface area contributed by atoms with Gasteiger partial charge < -0.3 is 14.3 Å². The minimum absolute atomic E-state index is 0.0945. The topological polar surface area (TPSA) is 72.6 Å². The summed E-state index contributed by atoms with van der Waals surface area (Å²) in [6.45, 7) is 2.71. The van der Waals surface area contributed by atoms with Crippen molar-refractivity contribution in [1.29, 1.82) is 0 Å². The smallest absolute Gasteiger partial charge is 0.335 e. The molecule has 0 spiro atoms. The highest BCUT2D eigenvalue weighted by Gasteiger charge is 2.30. The van der Waals surface area contributed by atoms with Crippen molar-refractivity contribution in [3.63, 3.8) is 0 Å². The quantitative estimate of drug-likeness (QED) is 0.882. The van der Waals surface area contributed by atoms with E-state index < -0.39 is 5.97 Å². The van der Waals surface area contributed by atoms with Gasteiger partial charge in [0.05, 0.1) is 17.6 Å². The molecule has 1 aliphatic heterocycles. The van der Waals surface area contributed by atoms with Crippen molar-refractivity contribution in [2.75, 3.05) is 6.61 Å². The average Bonchev–Trinajstić information content (AvgIpc) is 2.92. The van der Waals surface area contributed by atoms with Gasteiger partial charge in [-0.1, -0.05) is 0 Å². The van der Waals surface area contributed by atoms with Crippen molar-refractivity contribution >= 4 is 17.1 Å². The standard InChI is InChI=1S/C13H13NO4/c1-7-9(4-5-17-7)12-14-10-6-8(13(15)16)2-3-11(10)18-12/h2-3,6-7,9H,4-5H2,1H3,(H,15,16). The second kappa shape index (κ2) is 4.10. The molecule has 1 aromatic heterocycles. The summed E-state index contributed by atoms with van der Waals surface area (Å²) in [6.07, 6.45) is 0.983. The molecule has 2 heterocycles. The molecule has 0 saturated carbocycles. The van der Waals surface area contributed by atoms with Crippen molar-refractivity contribution in [1.82, 2.24) is 4.98 Å². The number of oxazole rings is 1. The number of aromatic nitrogens is 1. The van der Waals surface area contributed by atoms with E-state index in [1.807, 2.05) is 6.92 Å². The molecule has 0 bridgehead atoms. The minimum Gasteiger partial charge on any atom is -0.478 e. The van der Waals surface area contributed by atoms with Gasteiger partial charge in [0.25, 0.3) is 0 Å². The maximum Gasteiger partial charge on any atom is 0.335 e. The predicted octanol–water partition coefficient (Wildman–Crippen LogP) is 2.42. The molecule has 5 heteroatoms. The van der Waals surface area contributed by atoms with Crippen molar-refractivity contribution in [3.05, 3.63) is 29.7 Å². The van der Waals surface area contributed by atoms with Crippen LogP contribution >= 0.6 is 0 Å². The molecule has 1 fully saturated rings. The average molecular weight is 247 g/mol. The van der Waals surface area contributed by atoms with Crippen molar-refractivity contribution in [3.8, 4) is 0 Å². The molecule has 2 unspecified atom stereocenters. The van der Waals surface area contributed by atoms with E-state index in [2.05, 4.69) is 4.98 Å². The Hall–Kier alpha value is -1.88. The van der Waals surface area contributed by atoms with E-state index in [-0.39, 0.29) is 17.6 Å². The number of aromatic carboxylic acids is 1. The maximum absolute atomic E-state index is 10.9. The summed E-state index contributed by atoms with van der Waals surface area (Å²) in [5.41, 5.74) is 1.43. The Kier molecular flexibility index (Phi) is 2.56. The molecule has 1 N–H and O–H groups in total. The van der Waals surface area contributed by atoms with Crippen LogP contribution < -0.4 is 0 Å². The highest BCUT2D eigenvalue weighted by atomic mass is 16.5. The zero-order valence-electron chi connectivity index (χ0n) is 9.92. The zero-order valence-corrected chi connectivity index (χ0v) is 9.92. The molecule has 5 nitrogen and oxygen atoms in total. The molecule has 1 aliphatic rings. The number of rotatable bonds is 2. The monoisotopic (exact) mass is 247 g/mol. The summed E-state index contributed by atoms with van der Waals surface area (Å²) in [7, 11) is 0. The van der Waals surface area contributed by atoms with Crippen LogP contribution in [0.3, 0.4) is 0 Å². The zero-order chi connectivity index (χ0) is 12.7. The number of hydrogen-bond donors (Lipinski definition) is 1. The van der Waals surface area contributed by atoms with E-state index >= 15 is 0 Å². The van der Waals surface area contributed by atoms with Gasteiger partial charge >= 0.3 is 5.97 Å².